The van der Waals surface area contributed by atoms with Crippen LogP contribution in [-0.4, -0.2) is 24.9 Å². The molecule has 0 radical (unpaired) electrons. The minimum absolute atomic E-state index is 0.0715. The van der Waals surface area contributed by atoms with Crippen molar-refractivity contribution in [2.75, 3.05) is 5.32 Å². The summed E-state index contributed by atoms with van der Waals surface area (Å²) in [6, 6.07) is 6.28. The number of nitrogens with zero attached hydrogens (tertiary/aromatic N) is 5. The molecule has 0 aliphatic heterocycles. The highest BCUT2D eigenvalue weighted by atomic mass is 35.5. The minimum Gasteiger partial charge on any atom is -0.340 e. The van der Waals surface area contributed by atoms with Crippen LogP contribution in [-0.2, 0) is 12.4 Å². The molecule has 6 nitrogen and oxygen atoms in total. The Kier molecular flexibility index (Phi) is 5.33. The van der Waals surface area contributed by atoms with Crippen molar-refractivity contribution in [2.24, 2.45) is 0 Å². The monoisotopic (exact) mass is 470 g/mol. The average Bonchev–Trinajstić information content (AvgIpc) is 2.72. The smallest absolute Gasteiger partial charge is 0.340 e. The molecule has 0 amide bonds. The lowest BCUT2D eigenvalue weighted by Crippen LogP contribution is -2.10. The summed E-state index contributed by atoms with van der Waals surface area (Å²) in [6.07, 6.45) is -6.67. The Morgan fingerprint density at radius 3 is 2.22 bits per heavy atom. The maximum Gasteiger partial charge on any atom is 0.420 e. The van der Waals surface area contributed by atoms with Crippen LogP contribution >= 0.6 is 11.6 Å². The molecule has 0 saturated heterocycles. The van der Waals surface area contributed by atoms with Gasteiger partial charge in [-0.3, -0.25) is 0 Å². The van der Waals surface area contributed by atoms with Gasteiger partial charge in [-0.05, 0) is 41.9 Å². The van der Waals surface area contributed by atoms with Gasteiger partial charge in [0, 0.05) is 24.0 Å². The minimum atomic E-state index is -4.73. The summed E-state index contributed by atoms with van der Waals surface area (Å²) in [5.74, 6) is 0.122. The number of aromatic nitrogens is 5. The summed E-state index contributed by atoms with van der Waals surface area (Å²) in [5.41, 5.74) is -2.20. The van der Waals surface area contributed by atoms with E-state index in [1.807, 2.05) is 0 Å². The lowest BCUT2D eigenvalue weighted by atomic mass is 10.1. The van der Waals surface area contributed by atoms with Gasteiger partial charge in [-0.25, -0.2) is 24.9 Å². The van der Waals surface area contributed by atoms with Gasteiger partial charge in [0.25, 0.3) is 0 Å². The zero-order valence-corrected chi connectivity index (χ0v) is 16.3. The molecule has 0 aliphatic carbocycles. The summed E-state index contributed by atoms with van der Waals surface area (Å²) < 4.78 is 78.1. The van der Waals surface area contributed by atoms with Crippen molar-refractivity contribution in [2.45, 2.75) is 12.4 Å². The van der Waals surface area contributed by atoms with Crippen LogP contribution in [0.15, 0.2) is 48.9 Å². The summed E-state index contributed by atoms with van der Waals surface area (Å²) in [6.45, 7) is 0. The molecule has 164 valence electrons. The maximum absolute atomic E-state index is 13.3. The Morgan fingerprint density at radius 2 is 1.56 bits per heavy atom. The first-order valence-corrected chi connectivity index (χ1v) is 9.06. The van der Waals surface area contributed by atoms with Crippen LogP contribution in [0, 0.1) is 0 Å². The van der Waals surface area contributed by atoms with Crippen molar-refractivity contribution in [1.29, 1.82) is 0 Å². The average molecular weight is 471 g/mol. The van der Waals surface area contributed by atoms with Crippen LogP contribution in [0.3, 0.4) is 0 Å². The molecule has 0 saturated carbocycles. The molecule has 4 heterocycles. The summed E-state index contributed by atoms with van der Waals surface area (Å²) in [7, 11) is 0. The molecule has 0 aromatic carbocycles. The first kappa shape index (κ1) is 21.7. The van der Waals surface area contributed by atoms with E-state index in [9.17, 15) is 26.3 Å². The molecular weight excluding hydrogens is 462 g/mol. The molecule has 4 aromatic rings. The molecule has 13 heteroatoms. The van der Waals surface area contributed by atoms with Gasteiger partial charge >= 0.3 is 12.4 Å². The first-order chi connectivity index (χ1) is 15.0. The van der Waals surface area contributed by atoms with Gasteiger partial charge in [0.05, 0.1) is 16.9 Å². The predicted octanol–water partition coefficient (Wildman–Crippen LogP) is 5.92. The Morgan fingerprint density at radius 1 is 0.781 bits per heavy atom. The SMILES string of the molecule is FC(F)(F)c1ccc(Nc2ccnc3nc(-c4nc(Cl)ncc4C(F)(F)F)ccc23)nc1. The number of fused-ring (bicyclic) bond motifs is 1. The molecular formula is C19H9ClF6N6. The van der Waals surface area contributed by atoms with Crippen LogP contribution in [0.25, 0.3) is 22.4 Å². The van der Waals surface area contributed by atoms with Gasteiger partial charge in [0.15, 0.2) is 5.65 Å². The van der Waals surface area contributed by atoms with Gasteiger partial charge in [-0.2, -0.15) is 26.3 Å². The predicted molar refractivity (Wildman–Crippen MR) is 103 cm³/mol. The number of hydrogen-bond donors (Lipinski definition) is 1. The van der Waals surface area contributed by atoms with Crippen molar-refractivity contribution in [3.8, 4) is 11.4 Å². The van der Waals surface area contributed by atoms with Crippen molar-refractivity contribution >= 4 is 34.1 Å². The molecule has 4 rings (SSSR count). The number of nitrogens with one attached hydrogen (secondary N) is 1. The second-order valence-corrected chi connectivity index (χ2v) is 6.72. The van der Waals surface area contributed by atoms with Crippen LogP contribution in [0.5, 0.6) is 0 Å². The summed E-state index contributed by atoms with van der Waals surface area (Å²) in [4.78, 5) is 19.0. The van der Waals surface area contributed by atoms with E-state index in [2.05, 4.69) is 30.2 Å². The number of alkyl halides is 6. The molecule has 0 fully saturated rings. The van der Waals surface area contributed by atoms with Crippen LogP contribution in [0.4, 0.5) is 37.8 Å². The van der Waals surface area contributed by atoms with Crippen molar-refractivity contribution < 1.29 is 26.3 Å². The quantitative estimate of drug-likeness (QED) is 0.296. The van der Waals surface area contributed by atoms with Crippen LogP contribution < -0.4 is 5.32 Å². The molecule has 0 atom stereocenters. The van der Waals surface area contributed by atoms with Crippen LogP contribution in [0.1, 0.15) is 11.1 Å². The standard InChI is InChI=1S/C19H9ClF6N6/c20-17-29-8-11(19(24,25)26)15(32-17)13-3-2-10-12(5-6-27-16(10)31-13)30-14-4-1-9(7-28-14)18(21,22)23/h1-8H,(H,27,28,30,31). The molecule has 0 spiro atoms. The highest BCUT2D eigenvalue weighted by Gasteiger charge is 2.36. The number of hydrogen-bond acceptors (Lipinski definition) is 6. The molecule has 0 aliphatic rings. The van der Waals surface area contributed by atoms with Gasteiger partial charge < -0.3 is 5.32 Å². The Labute approximate surface area is 180 Å². The normalized spacial score (nSPS) is 12.2. The lowest BCUT2D eigenvalue weighted by Gasteiger charge is -2.13. The summed E-state index contributed by atoms with van der Waals surface area (Å²) >= 11 is 5.67. The highest BCUT2D eigenvalue weighted by Crippen LogP contribution is 2.36. The van der Waals surface area contributed by atoms with Gasteiger partial charge in [-0.1, -0.05) is 0 Å². The highest BCUT2D eigenvalue weighted by molar-refractivity contribution is 6.28. The molecule has 0 unspecified atom stereocenters. The zero-order chi connectivity index (χ0) is 23.1. The molecule has 0 bridgehead atoms. The van der Waals surface area contributed by atoms with E-state index in [1.165, 1.54) is 24.4 Å². The second kappa shape index (κ2) is 7.86. The van der Waals surface area contributed by atoms with E-state index in [4.69, 9.17) is 11.6 Å². The van der Waals surface area contributed by atoms with Crippen molar-refractivity contribution in [3.05, 3.63) is 65.3 Å². The second-order valence-electron chi connectivity index (χ2n) is 6.38. The van der Waals surface area contributed by atoms with E-state index < -0.39 is 29.2 Å². The van der Waals surface area contributed by atoms with Gasteiger partial charge in [0.1, 0.15) is 17.1 Å². The van der Waals surface area contributed by atoms with Crippen molar-refractivity contribution in [1.82, 2.24) is 24.9 Å². The third kappa shape index (κ3) is 4.40. The van der Waals surface area contributed by atoms with Gasteiger partial charge in [0.2, 0.25) is 5.28 Å². The van der Waals surface area contributed by atoms with E-state index in [0.717, 1.165) is 12.1 Å². The summed E-state index contributed by atoms with van der Waals surface area (Å²) in [5, 5.41) is 2.86. The Bertz CT molecular complexity index is 1290. The Hall–Kier alpha value is -3.54. The van der Waals surface area contributed by atoms with E-state index in [1.54, 1.807) is 0 Å². The third-order valence-electron chi connectivity index (χ3n) is 4.26. The Balaban J connectivity index is 1.72. The number of halogens is 7. The van der Waals surface area contributed by atoms with E-state index in [-0.39, 0.29) is 22.4 Å². The number of rotatable bonds is 3. The fraction of sp³-hybridized carbons (Fsp3) is 0.105. The zero-order valence-electron chi connectivity index (χ0n) is 15.5. The number of anilines is 2. The maximum atomic E-state index is 13.3. The number of pyridine rings is 3. The molecule has 4 aromatic heterocycles. The van der Waals surface area contributed by atoms with E-state index >= 15 is 0 Å². The lowest BCUT2D eigenvalue weighted by molar-refractivity contribution is -0.138. The van der Waals surface area contributed by atoms with E-state index in [0.29, 0.717) is 23.5 Å². The van der Waals surface area contributed by atoms with Crippen molar-refractivity contribution in [3.63, 3.8) is 0 Å². The van der Waals surface area contributed by atoms with Gasteiger partial charge in [-0.15, -0.1) is 0 Å². The molecule has 1 N–H and O–H groups in total. The first-order valence-electron chi connectivity index (χ1n) is 8.68. The fourth-order valence-corrected chi connectivity index (χ4v) is 2.94. The van der Waals surface area contributed by atoms with Crippen LogP contribution in [0.2, 0.25) is 5.28 Å². The molecule has 32 heavy (non-hydrogen) atoms. The largest absolute Gasteiger partial charge is 0.420 e. The topological polar surface area (TPSA) is 76.5 Å². The third-order valence-corrected chi connectivity index (χ3v) is 4.45. The fourth-order valence-electron chi connectivity index (χ4n) is 2.81.